The molecular formula is C29H21FN2O7. The number of nitro groups is 1. The van der Waals surface area contributed by atoms with E-state index in [4.69, 9.17) is 0 Å². The normalized spacial score (nSPS) is 26.2. The molecule has 0 saturated carbocycles. The second-order valence-electron chi connectivity index (χ2n) is 10.2. The Bertz CT molecular complexity index is 1620. The lowest BCUT2D eigenvalue weighted by Crippen LogP contribution is -2.39. The zero-order valence-corrected chi connectivity index (χ0v) is 20.6. The lowest BCUT2D eigenvalue weighted by atomic mass is 9.59. The first kappa shape index (κ1) is 24.6. The van der Waals surface area contributed by atoms with Gasteiger partial charge in [-0.15, -0.1) is 0 Å². The molecule has 2 aromatic rings. The third kappa shape index (κ3) is 3.51. The van der Waals surface area contributed by atoms with E-state index in [0.717, 1.165) is 11.0 Å². The maximum absolute atomic E-state index is 14.5. The highest BCUT2D eigenvalue weighted by Crippen LogP contribution is 2.56. The number of allylic oxidation sites excluding steroid dienone is 6. The van der Waals surface area contributed by atoms with E-state index in [9.17, 15) is 38.8 Å². The summed E-state index contributed by atoms with van der Waals surface area (Å²) in [6, 6.07) is 9.07. The Labute approximate surface area is 221 Å². The summed E-state index contributed by atoms with van der Waals surface area (Å²) in [5.74, 6) is -6.51. The molecule has 1 heterocycles. The van der Waals surface area contributed by atoms with Crippen LogP contribution in [0.25, 0.3) is 0 Å². The summed E-state index contributed by atoms with van der Waals surface area (Å²) >= 11 is 0. The van der Waals surface area contributed by atoms with Gasteiger partial charge in [0.15, 0.2) is 23.1 Å². The first-order chi connectivity index (χ1) is 18.6. The number of imide groups is 1. The number of ketones is 2. The van der Waals surface area contributed by atoms with Crippen LogP contribution < -0.4 is 4.90 Å². The standard InChI is InChI=1S/C29H21FN2O7/c1-13-11-22(33)20-12-19-16(23(25(20)26(13)34)17-3-2-4-21(30)27(17)35)9-10-18-24(19)29(37)31(28(18)36)14-5-7-15(8-6-14)32(38)39/h2-9,11,18-19,23-24,35H,10,12H2,1H3/t18-,19+,23+,24-/m0/s1. The molecule has 4 aliphatic rings. The second kappa shape index (κ2) is 8.65. The number of carbonyl (C=O) groups excluding carboxylic acids is 4. The molecule has 3 aliphatic carbocycles. The molecule has 6 rings (SSSR count). The molecule has 0 bridgehead atoms. The van der Waals surface area contributed by atoms with Crippen molar-refractivity contribution < 1.29 is 33.6 Å². The van der Waals surface area contributed by atoms with Gasteiger partial charge in [-0.25, -0.2) is 4.39 Å². The van der Waals surface area contributed by atoms with Crippen LogP contribution in [-0.2, 0) is 19.2 Å². The number of amides is 2. The average molecular weight is 528 g/mol. The molecule has 1 fully saturated rings. The number of benzene rings is 2. The van der Waals surface area contributed by atoms with Gasteiger partial charge in [0.1, 0.15) is 0 Å². The van der Waals surface area contributed by atoms with E-state index in [0.29, 0.717) is 5.57 Å². The van der Waals surface area contributed by atoms with E-state index in [1.165, 1.54) is 49.4 Å². The number of rotatable bonds is 3. The monoisotopic (exact) mass is 528 g/mol. The van der Waals surface area contributed by atoms with Crippen molar-refractivity contribution in [3.63, 3.8) is 0 Å². The molecule has 0 unspecified atom stereocenters. The summed E-state index contributed by atoms with van der Waals surface area (Å²) in [6.07, 6.45) is 3.21. The van der Waals surface area contributed by atoms with Gasteiger partial charge in [0.05, 0.1) is 22.4 Å². The maximum Gasteiger partial charge on any atom is 0.269 e. The number of para-hydroxylation sites is 1. The first-order valence-electron chi connectivity index (χ1n) is 12.4. The SMILES string of the molecule is CC1=CC(=O)C2=C(C1=O)[C@@H](c1cccc(F)c1O)C1=CC[C@@H]3C(=O)N(c4ccc([N+](=O)[O-])cc4)C(=O)[C@@H]3[C@@H]1C2. The number of fused-ring (bicyclic) bond motifs is 3. The summed E-state index contributed by atoms with van der Waals surface area (Å²) in [4.78, 5) is 65.2. The van der Waals surface area contributed by atoms with Crippen LogP contribution in [0.1, 0.15) is 31.2 Å². The smallest absolute Gasteiger partial charge is 0.269 e. The molecule has 9 nitrogen and oxygen atoms in total. The van der Waals surface area contributed by atoms with Crippen molar-refractivity contribution in [1.82, 2.24) is 0 Å². The van der Waals surface area contributed by atoms with E-state index in [-0.39, 0.29) is 52.3 Å². The number of phenols is 1. The molecular weight excluding hydrogens is 507 g/mol. The molecule has 196 valence electrons. The predicted molar refractivity (Wildman–Crippen MR) is 135 cm³/mol. The Morgan fingerprint density at radius 2 is 1.74 bits per heavy atom. The molecule has 0 aromatic heterocycles. The van der Waals surface area contributed by atoms with Crippen molar-refractivity contribution >= 4 is 34.8 Å². The fourth-order valence-electron chi connectivity index (χ4n) is 6.46. The molecule has 0 radical (unpaired) electrons. The van der Waals surface area contributed by atoms with Crippen LogP contribution >= 0.6 is 0 Å². The van der Waals surface area contributed by atoms with Crippen LogP contribution in [0.2, 0.25) is 0 Å². The van der Waals surface area contributed by atoms with E-state index in [1.807, 2.05) is 0 Å². The Balaban J connectivity index is 1.47. The number of phenolic OH excluding ortho intramolecular Hbond substituents is 1. The van der Waals surface area contributed by atoms with E-state index in [2.05, 4.69) is 0 Å². The number of non-ortho nitro benzene ring substituents is 1. The van der Waals surface area contributed by atoms with Crippen LogP contribution in [0, 0.1) is 33.7 Å². The topological polar surface area (TPSA) is 135 Å². The number of anilines is 1. The summed E-state index contributed by atoms with van der Waals surface area (Å²) in [7, 11) is 0. The zero-order valence-electron chi connectivity index (χ0n) is 20.6. The van der Waals surface area contributed by atoms with Crippen LogP contribution in [-0.4, -0.2) is 33.4 Å². The zero-order chi connectivity index (χ0) is 27.7. The van der Waals surface area contributed by atoms with Crippen molar-refractivity contribution in [2.75, 3.05) is 4.90 Å². The summed E-state index contributed by atoms with van der Waals surface area (Å²) in [5, 5.41) is 21.7. The highest BCUT2D eigenvalue weighted by Gasteiger charge is 2.56. The molecule has 4 atom stereocenters. The van der Waals surface area contributed by atoms with Crippen molar-refractivity contribution in [3.05, 3.63) is 98.4 Å². The van der Waals surface area contributed by atoms with Crippen LogP contribution in [0.4, 0.5) is 15.8 Å². The number of halogens is 1. The molecule has 1 N–H and O–H groups in total. The quantitative estimate of drug-likeness (QED) is 0.209. The number of carbonyl (C=O) groups is 4. The van der Waals surface area contributed by atoms with E-state index in [1.54, 1.807) is 6.08 Å². The highest BCUT2D eigenvalue weighted by molar-refractivity contribution is 6.25. The van der Waals surface area contributed by atoms with Gasteiger partial charge in [0.2, 0.25) is 11.8 Å². The molecule has 1 aliphatic heterocycles. The molecule has 10 heteroatoms. The maximum atomic E-state index is 14.5. The summed E-state index contributed by atoms with van der Waals surface area (Å²) in [6.45, 7) is 1.52. The van der Waals surface area contributed by atoms with E-state index >= 15 is 0 Å². The minimum atomic E-state index is -0.966. The van der Waals surface area contributed by atoms with Gasteiger partial charge in [-0.2, -0.15) is 0 Å². The van der Waals surface area contributed by atoms with Gasteiger partial charge in [0.25, 0.3) is 5.69 Å². The van der Waals surface area contributed by atoms with Gasteiger partial charge in [-0.05, 0) is 50.0 Å². The molecule has 2 aromatic carbocycles. The highest BCUT2D eigenvalue weighted by atomic mass is 19.1. The molecule has 0 spiro atoms. The van der Waals surface area contributed by atoms with Crippen molar-refractivity contribution in [2.24, 2.45) is 17.8 Å². The number of hydrogen-bond donors (Lipinski definition) is 1. The van der Waals surface area contributed by atoms with Gasteiger partial charge in [-0.3, -0.25) is 34.2 Å². The Kier molecular flexibility index (Phi) is 5.46. The number of Topliss-reactive ketones (excluding diaryl/α,β-unsaturated/α-hetero) is 1. The van der Waals surface area contributed by atoms with Gasteiger partial charge in [-0.1, -0.05) is 23.8 Å². The largest absolute Gasteiger partial charge is 0.505 e. The number of hydrogen-bond acceptors (Lipinski definition) is 7. The lowest BCUT2D eigenvalue weighted by Gasteiger charge is -2.42. The predicted octanol–water partition coefficient (Wildman–Crippen LogP) is 4.07. The number of aromatic hydroxyl groups is 1. The molecule has 2 amide bonds. The third-order valence-electron chi connectivity index (χ3n) is 8.21. The number of nitro benzene ring substituents is 1. The summed E-state index contributed by atoms with van der Waals surface area (Å²) in [5.41, 5.74) is 1.28. The van der Waals surface area contributed by atoms with Gasteiger partial charge >= 0.3 is 0 Å². The van der Waals surface area contributed by atoms with Crippen molar-refractivity contribution in [2.45, 2.75) is 25.7 Å². The van der Waals surface area contributed by atoms with Crippen molar-refractivity contribution in [1.29, 1.82) is 0 Å². The minimum Gasteiger partial charge on any atom is -0.505 e. The third-order valence-corrected chi connectivity index (χ3v) is 8.21. The molecule has 1 saturated heterocycles. The summed E-state index contributed by atoms with van der Waals surface area (Å²) < 4.78 is 14.5. The lowest BCUT2D eigenvalue weighted by molar-refractivity contribution is -0.384. The van der Waals surface area contributed by atoms with Gasteiger partial charge in [0, 0.05) is 40.3 Å². The molecule has 39 heavy (non-hydrogen) atoms. The minimum absolute atomic E-state index is 0.0381. The van der Waals surface area contributed by atoms with Crippen LogP contribution in [0.15, 0.2) is 76.9 Å². The first-order valence-corrected chi connectivity index (χ1v) is 12.4. The van der Waals surface area contributed by atoms with Gasteiger partial charge < -0.3 is 5.11 Å². The fourth-order valence-corrected chi connectivity index (χ4v) is 6.46. The second-order valence-corrected chi connectivity index (χ2v) is 10.2. The van der Waals surface area contributed by atoms with Crippen molar-refractivity contribution in [3.8, 4) is 5.75 Å². The average Bonchev–Trinajstić information content (AvgIpc) is 3.17. The number of nitrogens with zero attached hydrogens (tertiary/aromatic N) is 2. The Hall–Kier alpha value is -4.73. The van der Waals surface area contributed by atoms with Crippen LogP contribution in [0.5, 0.6) is 5.75 Å². The Morgan fingerprint density at radius 3 is 2.44 bits per heavy atom. The van der Waals surface area contributed by atoms with Crippen LogP contribution in [0.3, 0.4) is 0 Å². The Morgan fingerprint density at radius 1 is 1.03 bits per heavy atom. The fraction of sp³-hybridized carbons (Fsp3) is 0.241. The van der Waals surface area contributed by atoms with E-state index < -0.39 is 57.8 Å².